The zero-order valence-corrected chi connectivity index (χ0v) is 8.35. The van der Waals surface area contributed by atoms with Crippen LogP contribution >= 0.6 is 30.8 Å². The molecular formula is C5H9NO2PS2+. The van der Waals surface area contributed by atoms with Gasteiger partial charge in [-0.25, -0.2) is 5.41 Å². The van der Waals surface area contributed by atoms with Crippen LogP contribution in [0.5, 0.6) is 0 Å². The lowest BCUT2D eigenvalue weighted by atomic mass is 10.5. The van der Waals surface area contributed by atoms with Crippen molar-refractivity contribution in [3.05, 3.63) is 12.7 Å². The van der Waals surface area contributed by atoms with Crippen LogP contribution in [0.1, 0.15) is 6.42 Å². The normalized spacial score (nSPS) is 8.64. The van der Waals surface area contributed by atoms with Crippen LogP contribution < -0.4 is 0 Å². The highest BCUT2D eigenvalue weighted by Gasteiger charge is 2.09. The predicted octanol–water partition coefficient (Wildman–Crippen LogP) is 2.61. The quantitative estimate of drug-likeness (QED) is 0.246. The molecule has 0 aliphatic carbocycles. The Balaban J connectivity index is 0. The van der Waals surface area contributed by atoms with E-state index in [1.165, 1.54) is 0 Å². The summed E-state index contributed by atoms with van der Waals surface area (Å²) in [4.78, 5) is 8.22. The van der Waals surface area contributed by atoms with E-state index in [4.69, 9.17) is 10.3 Å². The van der Waals surface area contributed by atoms with Gasteiger partial charge in [-0.1, -0.05) is 6.08 Å². The van der Waals surface area contributed by atoms with E-state index in [-0.39, 0.29) is 0 Å². The van der Waals surface area contributed by atoms with Gasteiger partial charge in [0.2, 0.25) is 0 Å². The molecule has 0 radical (unpaired) electrons. The lowest BCUT2D eigenvalue weighted by Crippen LogP contribution is -1.67. The van der Waals surface area contributed by atoms with Crippen molar-refractivity contribution >= 4 is 36.0 Å². The summed E-state index contributed by atoms with van der Waals surface area (Å²) in [6.07, 6.45) is 2.53. The fourth-order valence-corrected chi connectivity index (χ4v) is 1.43. The molecule has 0 aliphatic rings. The third-order valence-electron chi connectivity index (χ3n) is 0.524. The third kappa shape index (κ3) is 25.7. The van der Waals surface area contributed by atoms with Gasteiger partial charge in [-0.2, -0.15) is 4.89 Å². The Morgan fingerprint density at radius 1 is 1.91 bits per heavy atom. The zero-order valence-electron chi connectivity index (χ0n) is 5.82. The second kappa shape index (κ2) is 12.6. The molecule has 1 atom stereocenters. The van der Waals surface area contributed by atoms with Gasteiger partial charge >= 0.3 is 7.23 Å². The molecule has 0 bridgehead atoms. The minimum atomic E-state index is -1.99. The lowest BCUT2D eigenvalue weighted by molar-refractivity contribution is 0.519. The summed E-state index contributed by atoms with van der Waals surface area (Å²) in [5.41, 5.74) is 0. The highest BCUT2D eigenvalue weighted by molar-refractivity contribution is 8.50. The van der Waals surface area contributed by atoms with Crippen LogP contribution in [0.25, 0.3) is 0 Å². The van der Waals surface area contributed by atoms with Crippen molar-refractivity contribution in [2.24, 2.45) is 0 Å². The van der Waals surface area contributed by atoms with Gasteiger partial charge in [0, 0.05) is 5.75 Å². The summed E-state index contributed by atoms with van der Waals surface area (Å²) in [6, 6.07) is 0. The van der Waals surface area contributed by atoms with Crippen molar-refractivity contribution in [3.8, 4) is 0 Å². The Morgan fingerprint density at radius 2 is 2.36 bits per heavy atom. The number of hydrogen-bond donors (Lipinski definition) is 2. The molecule has 0 saturated carbocycles. The maximum atomic E-state index is 9.95. The molecule has 6 heteroatoms. The van der Waals surface area contributed by atoms with Crippen molar-refractivity contribution < 1.29 is 9.46 Å². The maximum absolute atomic E-state index is 9.95. The summed E-state index contributed by atoms with van der Waals surface area (Å²) in [5.74, 6) is 0.690. The average Bonchev–Trinajstić information content (AvgIpc) is 1.89. The SMILES string of the molecule is C=CCCS[P+](=O)O.N=C=S. The first-order valence-corrected chi connectivity index (χ1v) is 5.84. The minimum absolute atomic E-state index is 0.690. The first-order chi connectivity index (χ1) is 5.18. The number of isothiocyanates is 1. The van der Waals surface area contributed by atoms with E-state index in [0.29, 0.717) is 5.75 Å². The van der Waals surface area contributed by atoms with Gasteiger partial charge in [0.1, 0.15) is 0 Å². The Morgan fingerprint density at radius 3 is 2.64 bits per heavy atom. The standard InChI is InChI=1S/C4H7O2PS.CHNS/c1-2-3-4-8-7(5)6;2-1-3/h2H,1,3-4H2;2H/p+1. The second-order valence-electron chi connectivity index (χ2n) is 1.25. The molecule has 0 saturated heterocycles. The van der Waals surface area contributed by atoms with E-state index >= 15 is 0 Å². The van der Waals surface area contributed by atoms with Crippen LogP contribution in [0, 0.1) is 5.41 Å². The van der Waals surface area contributed by atoms with Gasteiger partial charge in [0.05, 0.1) is 5.16 Å². The number of thiocarbonyl (C=S) groups is 1. The van der Waals surface area contributed by atoms with Gasteiger partial charge in [-0.15, -0.1) is 6.58 Å². The van der Waals surface area contributed by atoms with Gasteiger partial charge in [0.15, 0.2) is 11.4 Å². The maximum Gasteiger partial charge on any atom is 0.582 e. The summed E-state index contributed by atoms with van der Waals surface area (Å²) in [6.45, 7) is 3.47. The number of nitrogens with one attached hydrogen (secondary N) is 1. The Hall–Kier alpha value is -0.0500. The van der Waals surface area contributed by atoms with Crippen molar-refractivity contribution in [2.45, 2.75) is 6.42 Å². The molecule has 0 aromatic heterocycles. The number of allylic oxidation sites excluding steroid dienone is 1. The molecule has 11 heavy (non-hydrogen) atoms. The van der Waals surface area contributed by atoms with E-state index < -0.39 is 7.23 Å². The first kappa shape index (κ1) is 13.5. The van der Waals surface area contributed by atoms with E-state index in [9.17, 15) is 4.57 Å². The predicted molar refractivity (Wildman–Crippen MR) is 52.4 cm³/mol. The Labute approximate surface area is 76.0 Å². The minimum Gasteiger partial charge on any atom is -0.248 e. The molecule has 62 valence electrons. The van der Waals surface area contributed by atoms with Crippen molar-refractivity contribution in [1.82, 2.24) is 0 Å². The van der Waals surface area contributed by atoms with Crippen molar-refractivity contribution in [2.75, 3.05) is 5.75 Å². The Kier molecular flexibility index (Phi) is 15.5. The number of rotatable bonds is 4. The molecule has 1 unspecified atom stereocenters. The monoisotopic (exact) mass is 210 g/mol. The smallest absolute Gasteiger partial charge is 0.248 e. The molecule has 0 rings (SSSR count). The second-order valence-corrected chi connectivity index (χ2v) is 4.31. The van der Waals surface area contributed by atoms with Crippen molar-refractivity contribution in [3.63, 3.8) is 0 Å². The van der Waals surface area contributed by atoms with E-state index in [0.717, 1.165) is 17.8 Å². The molecule has 2 N–H and O–H groups in total. The average molecular weight is 210 g/mol. The van der Waals surface area contributed by atoms with Gasteiger partial charge < -0.3 is 0 Å². The molecule has 3 nitrogen and oxygen atoms in total. The molecule has 0 spiro atoms. The Bertz CT molecular complexity index is 157. The molecular weight excluding hydrogens is 201 g/mol. The van der Waals surface area contributed by atoms with E-state index in [2.05, 4.69) is 18.8 Å². The summed E-state index contributed by atoms with van der Waals surface area (Å²) >= 11 is 4.86. The highest BCUT2D eigenvalue weighted by atomic mass is 32.7. The van der Waals surface area contributed by atoms with Crippen LogP contribution in [0.2, 0.25) is 0 Å². The van der Waals surface area contributed by atoms with E-state index in [1.807, 2.05) is 0 Å². The fourth-order valence-electron chi connectivity index (χ4n) is 0.214. The topological polar surface area (TPSA) is 61.1 Å². The zero-order chi connectivity index (χ0) is 9.11. The summed E-state index contributed by atoms with van der Waals surface area (Å²) < 4.78 is 9.95. The van der Waals surface area contributed by atoms with Crippen LogP contribution in [-0.4, -0.2) is 15.8 Å². The fraction of sp³-hybridized carbons (Fsp3) is 0.400. The van der Waals surface area contributed by atoms with Gasteiger partial charge in [-0.05, 0) is 23.2 Å². The lowest BCUT2D eigenvalue weighted by Gasteiger charge is -1.76. The molecule has 0 heterocycles. The van der Waals surface area contributed by atoms with E-state index in [1.54, 1.807) is 11.2 Å². The summed E-state index contributed by atoms with van der Waals surface area (Å²) in [5, 5.41) is 7.36. The first-order valence-electron chi connectivity index (χ1n) is 2.62. The van der Waals surface area contributed by atoms with Crippen LogP contribution in [0.3, 0.4) is 0 Å². The third-order valence-corrected chi connectivity index (χ3v) is 2.37. The molecule has 0 aromatic rings. The van der Waals surface area contributed by atoms with Crippen LogP contribution in [-0.2, 0) is 4.57 Å². The summed E-state index contributed by atoms with van der Waals surface area (Å²) in [7, 11) is -1.99. The number of hydrogen-bond acceptors (Lipinski definition) is 4. The molecule has 0 aromatic carbocycles. The molecule has 0 aliphatic heterocycles. The highest BCUT2D eigenvalue weighted by Crippen LogP contribution is 2.32. The van der Waals surface area contributed by atoms with Crippen LogP contribution in [0.15, 0.2) is 12.7 Å². The molecule has 0 amide bonds. The largest absolute Gasteiger partial charge is 0.582 e. The van der Waals surface area contributed by atoms with Gasteiger partial charge in [0.25, 0.3) is 0 Å². The van der Waals surface area contributed by atoms with Crippen molar-refractivity contribution in [1.29, 1.82) is 5.41 Å². The van der Waals surface area contributed by atoms with Gasteiger partial charge in [-0.3, -0.25) is 0 Å². The van der Waals surface area contributed by atoms with Crippen LogP contribution in [0.4, 0.5) is 0 Å². The molecule has 0 fully saturated rings.